The molecule has 0 aliphatic rings. The van der Waals surface area contributed by atoms with Gasteiger partial charge in [0.1, 0.15) is 5.69 Å². The van der Waals surface area contributed by atoms with E-state index >= 15 is 0 Å². The first-order valence-corrected chi connectivity index (χ1v) is 12.0. The molecule has 35 heavy (non-hydrogen) atoms. The molecule has 3 aromatic heterocycles. The Labute approximate surface area is 197 Å². The topological polar surface area (TPSA) is 133 Å². The number of nitrogens with zero attached hydrogens (tertiary/aromatic N) is 5. The average Bonchev–Trinajstić information content (AvgIpc) is 3.23. The van der Waals surface area contributed by atoms with Crippen molar-refractivity contribution >= 4 is 26.9 Å². The number of anilines is 1. The molecule has 0 saturated heterocycles. The van der Waals surface area contributed by atoms with Crippen molar-refractivity contribution in [1.29, 1.82) is 0 Å². The molecule has 4 rings (SSSR count). The lowest BCUT2D eigenvalue weighted by molar-refractivity contribution is -0.198. The number of rotatable bonds is 8. The van der Waals surface area contributed by atoms with Crippen LogP contribution in [0.3, 0.4) is 0 Å². The Morgan fingerprint density at radius 3 is 2.37 bits per heavy atom. The number of pyridine rings is 1. The Morgan fingerprint density at radius 1 is 1.09 bits per heavy atom. The molecule has 0 amide bonds. The van der Waals surface area contributed by atoms with Crippen molar-refractivity contribution in [3.63, 3.8) is 0 Å². The Hall–Kier alpha value is -3.81. The highest BCUT2D eigenvalue weighted by atomic mass is 32.2. The summed E-state index contributed by atoms with van der Waals surface area (Å²) < 4.78 is 79.1. The summed E-state index contributed by atoms with van der Waals surface area (Å²) in [5.74, 6) is -0.936. The minimum Gasteiger partial charge on any atom is -0.457 e. The largest absolute Gasteiger partial charge is 0.457 e. The monoisotopic (exact) mass is 508 g/mol. The molecule has 1 atom stereocenters. The average molecular weight is 508 g/mol. The molecule has 0 aliphatic heterocycles. The Morgan fingerprint density at radius 2 is 1.80 bits per heavy atom. The number of ether oxygens (including phenoxy) is 1. The second kappa shape index (κ2) is 9.44. The smallest absolute Gasteiger partial charge is 0.429 e. The lowest BCUT2D eigenvalue weighted by atomic mass is 10.1. The number of aromatic nitrogens is 5. The van der Waals surface area contributed by atoms with Gasteiger partial charge in [0.05, 0.1) is 16.8 Å². The van der Waals surface area contributed by atoms with Crippen molar-refractivity contribution in [3.05, 3.63) is 54.0 Å². The van der Waals surface area contributed by atoms with Crippen LogP contribution in [-0.4, -0.2) is 45.4 Å². The number of halogens is 3. The number of benzene rings is 1. The first-order chi connectivity index (χ1) is 16.6. The minimum absolute atomic E-state index is 0.117. The van der Waals surface area contributed by atoms with E-state index in [1.54, 1.807) is 32.0 Å². The molecule has 3 heterocycles. The number of fused-ring (bicyclic) bond motifs is 1. The number of para-hydroxylation sites is 2. The van der Waals surface area contributed by atoms with Crippen molar-refractivity contribution in [3.8, 4) is 17.4 Å². The fourth-order valence-electron chi connectivity index (χ4n) is 3.13. The zero-order valence-corrected chi connectivity index (χ0v) is 19.3. The third kappa shape index (κ3) is 5.65. The molecule has 0 fully saturated rings. The van der Waals surface area contributed by atoms with Gasteiger partial charge in [0.25, 0.3) is 5.88 Å². The fourth-order valence-corrected chi connectivity index (χ4v) is 4.20. The van der Waals surface area contributed by atoms with Crippen LogP contribution in [0, 0.1) is 6.92 Å². The number of hydrogen-bond donors (Lipinski definition) is 1. The van der Waals surface area contributed by atoms with Gasteiger partial charge in [0.15, 0.2) is 0 Å². The maximum atomic E-state index is 14.0. The predicted molar refractivity (Wildman–Crippen MR) is 119 cm³/mol. The van der Waals surface area contributed by atoms with Gasteiger partial charge >= 0.3 is 6.18 Å². The lowest BCUT2D eigenvalue weighted by Gasteiger charge is -2.22. The van der Waals surface area contributed by atoms with E-state index in [2.05, 4.69) is 29.8 Å². The van der Waals surface area contributed by atoms with Gasteiger partial charge < -0.3 is 9.26 Å². The van der Waals surface area contributed by atoms with Gasteiger partial charge in [-0.2, -0.15) is 18.2 Å². The van der Waals surface area contributed by atoms with Gasteiger partial charge in [-0.05, 0) is 24.6 Å². The highest BCUT2D eigenvalue weighted by Crippen LogP contribution is 2.38. The van der Waals surface area contributed by atoms with Gasteiger partial charge in [-0.25, -0.2) is 18.4 Å². The van der Waals surface area contributed by atoms with Crippen LogP contribution in [0.1, 0.15) is 30.9 Å². The maximum absolute atomic E-state index is 14.0. The van der Waals surface area contributed by atoms with Gasteiger partial charge in [0, 0.05) is 18.7 Å². The van der Waals surface area contributed by atoms with Crippen LogP contribution in [0.25, 0.3) is 22.6 Å². The summed E-state index contributed by atoms with van der Waals surface area (Å²) in [6.45, 7) is 3.21. The van der Waals surface area contributed by atoms with E-state index in [0.29, 0.717) is 0 Å². The lowest BCUT2D eigenvalue weighted by Crippen LogP contribution is -2.27. The van der Waals surface area contributed by atoms with E-state index in [4.69, 9.17) is 9.26 Å². The van der Waals surface area contributed by atoms with Crippen molar-refractivity contribution in [2.45, 2.75) is 32.5 Å². The van der Waals surface area contributed by atoms with Gasteiger partial charge in [-0.1, -0.05) is 30.3 Å². The zero-order chi connectivity index (χ0) is 25.2. The second-order valence-corrected chi connectivity index (χ2v) is 9.28. The molecule has 1 N–H and O–H groups in total. The van der Waals surface area contributed by atoms with E-state index in [1.165, 1.54) is 12.1 Å². The molecule has 4 aromatic rings. The molecule has 0 unspecified atom stereocenters. The number of nitrogens with one attached hydrogen (secondary N) is 1. The van der Waals surface area contributed by atoms with E-state index in [0.717, 1.165) is 12.3 Å². The van der Waals surface area contributed by atoms with Gasteiger partial charge in [-0.15, -0.1) is 0 Å². The van der Waals surface area contributed by atoms with Crippen LogP contribution < -0.4 is 9.46 Å². The molecule has 0 aliphatic carbocycles. The Bertz CT molecular complexity index is 1440. The number of alkyl halides is 3. The standard InChI is InChI=1S/C21H19F3N6O4S/c1-3-10-35(31,32)30-19-20(28-15-7-5-4-6-14(15)27-19)33-17(21(22,23)24)13-8-9-16(25-11-13)18-26-12(2)34-29-18/h4-9,11,17H,3,10H2,1-2H3,(H,27,30)/t17-/m1/s1. The molecule has 0 saturated carbocycles. The predicted octanol–water partition coefficient (Wildman–Crippen LogP) is 4.22. The molecule has 1 aromatic carbocycles. The van der Waals surface area contributed by atoms with E-state index in [9.17, 15) is 21.6 Å². The SMILES string of the molecule is CCCS(=O)(=O)Nc1nc2ccccc2nc1O[C@H](c1ccc(-c2noc(C)n2)nc1)C(F)(F)F. The molecule has 10 nitrogen and oxygen atoms in total. The van der Waals surface area contributed by atoms with Crippen molar-refractivity contribution < 1.29 is 30.8 Å². The summed E-state index contributed by atoms with van der Waals surface area (Å²) in [4.78, 5) is 16.2. The quantitative estimate of drug-likeness (QED) is 0.371. The summed E-state index contributed by atoms with van der Waals surface area (Å²) in [7, 11) is -3.89. The first-order valence-electron chi connectivity index (χ1n) is 10.3. The zero-order valence-electron chi connectivity index (χ0n) is 18.4. The van der Waals surface area contributed by atoms with Crippen molar-refractivity contribution in [1.82, 2.24) is 25.1 Å². The number of sulfonamides is 1. The molecule has 0 bridgehead atoms. The first kappa shape index (κ1) is 24.3. The second-order valence-electron chi connectivity index (χ2n) is 7.44. The normalized spacial score (nSPS) is 13.1. The van der Waals surface area contributed by atoms with Crippen molar-refractivity contribution in [2.75, 3.05) is 10.5 Å². The number of aryl methyl sites for hydroxylation is 1. The molecular weight excluding hydrogens is 489 g/mol. The van der Waals surface area contributed by atoms with Crippen LogP contribution in [-0.2, 0) is 10.0 Å². The van der Waals surface area contributed by atoms with Crippen LogP contribution in [0.5, 0.6) is 5.88 Å². The molecule has 14 heteroatoms. The molecule has 184 valence electrons. The highest BCUT2D eigenvalue weighted by molar-refractivity contribution is 7.92. The van der Waals surface area contributed by atoms with Gasteiger partial charge in [-0.3, -0.25) is 9.71 Å². The van der Waals surface area contributed by atoms with Crippen molar-refractivity contribution in [2.24, 2.45) is 0 Å². The van der Waals surface area contributed by atoms with Crippen LogP contribution >= 0.6 is 0 Å². The Balaban J connectivity index is 1.73. The summed E-state index contributed by atoms with van der Waals surface area (Å²) in [5.41, 5.74) is 0.352. The Kier molecular flexibility index (Phi) is 6.56. The summed E-state index contributed by atoms with van der Waals surface area (Å²) >= 11 is 0. The van der Waals surface area contributed by atoms with E-state index in [-0.39, 0.29) is 46.2 Å². The van der Waals surface area contributed by atoms with Crippen LogP contribution in [0.4, 0.5) is 19.0 Å². The maximum Gasteiger partial charge on any atom is 0.429 e. The van der Waals surface area contributed by atoms with Gasteiger partial charge in [0.2, 0.25) is 33.7 Å². The summed E-state index contributed by atoms with van der Waals surface area (Å²) in [6, 6.07) is 8.77. The van der Waals surface area contributed by atoms with Crippen LogP contribution in [0.2, 0.25) is 0 Å². The summed E-state index contributed by atoms with van der Waals surface area (Å²) in [5, 5.41) is 3.68. The fraction of sp³-hybridized carbons (Fsp3) is 0.286. The molecule has 0 radical (unpaired) electrons. The third-order valence-corrected chi connectivity index (χ3v) is 6.09. The van der Waals surface area contributed by atoms with Crippen LogP contribution in [0.15, 0.2) is 47.1 Å². The minimum atomic E-state index is -4.89. The van der Waals surface area contributed by atoms with E-state index in [1.807, 2.05) is 0 Å². The molecule has 0 spiro atoms. The molecular formula is C21H19F3N6O4S. The third-order valence-electron chi connectivity index (χ3n) is 4.64. The highest BCUT2D eigenvalue weighted by Gasteiger charge is 2.44. The summed E-state index contributed by atoms with van der Waals surface area (Å²) in [6.07, 6.45) is -6.15. The number of hydrogen-bond acceptors (Lipinski definition) is 9. The van der Waals surface area contributed by atoms with E-state index < -0.39 is 34.0 Å².